The third kappa shape index (κ3) is 3.47. The molecule has 2 heteroatoms. The summed E-state index contributed by atoms with van der Waals surface area (Å²) < 4.78 is 5.20. The summed E-state index contributed by atoms with van der Waals surface area (Å²) in [7, 11) is 1.71. The number of ether oxygens (including phenoxy) is 1. The Morgan fingerprint density at radius 2 is 1.88 bits per heavy atom. The van der Waals surface area contributed by atoms with Crippen LogP contribution in [0.4, 0.5) is 0 Å². The molecule has 0 aromatic heterocycles. The van der Waals surface area contributed by atoms with Crippen molar-refractivity contribution in [2.45, 2.75) is 38.6 Å². The molecule has 1 aliphatic carbocycles. The first kappa shape index (κ1) is 12.4. The molecule has 0 bridgehead atoms. The van der Waals surface area contributed by atoms with E-state index in [4.69, 9.17) is 4.74 Å². The minimum atomic E-state index is 0.599. The molecule has 1 aliphatic rings. The molecule has 1 aromatic rings. The second kappa shape index (κ2) is 5.54. The molecule has 0 amide bonds. The fraction of sp³-hybridized carbons (Fsp3) is 0.600. The minimum Gasteiger partial charge on any atom is -0.497 e. The lowest BCUT2D eigenvalue weighted by Crippen LogP contribution is -2.26. The molecule has 17 heavy (non-hydrogen) atoms. The lowest BCUT2D eigenvalue weighted by atomic mass is 9.88. The first-order chi connectivity index (χ1) is 8.20. The van der Waals surface area contributed by atoms with Crippen LogP contribution >= 0.6 is 0 Å². The van der Waals surface area contributed by atoms with Crippen molar-refractivity contribution < 1.29 is 4.74 Å². The van der Waals surface area contributed by atoms with Crippen LogP contribution in [0.5, 0.6) is 5.75 Å². The van der Waals surface area contributed by atoms with E-state index in [0.717, 1.165) is 18.3 Å². The van der Waals surface area contributed by atoms with Gasteiger partial charge >= 0.3 is 0 Å². The first-order valence-corrected chi connectivity index (χ1v) is 6.58. The molecule has 0 aliphatic heterocycles. The van der Waals surface area contributed by atoms with Gasteiger partial charge in [0.1, 0.15) is 5.75 Å². The Hall–Kier alpha value is -1.02. The molecular weight excluding hydrogens is 210 g/mol. The predicted molar refractivity (Wildman–Crippen MR) is 71.6 cm³/mol. The molecule has 0 radical (unpaired) electrons. The molecule has 2 rings (SSSR count). The van der Waals surface area contributed by atoms with Gasteiger partial charge in [-0.1, -0.05) is 26.0 Å². The Bertz CT molecular complexity index is 340. The van der Waals surface area contributed by atoms with Gasteiger partial charge in [0.25, 0.3) is 0 Å². The third-order valence-electron chi connectivity index (χ3n) is 3.55. The van der Waals surface area contributed by atoms with Crippen molar-refractivity contribution in [1.29, 1.82) is 0 Å². The van der Waals surface area contributed by atoms with Crippen molar-refractivity contribution in [2.24, 2.45) is 5.92 Å². The van der Waals surface area contributed by atoms with Gasteiger partial charge in [-0.25, -0.2) is 0 Å². The summed E-state index contributed by atoms with van der Waals surface area (Å²) in [6.45, 7) is 5.68. The van der Waals surface area contributed by atoms with Crippen molar-refractivity contribution in [1.82, 2.24) is 5.32 Å². The molecule has 0 saturated heterocycles. The average molecular weight is 233 g/mol. The Morgan fingerprint density at radius 3 is 2.35 bits per heavy atom. The summed E-state index contributed by atoms with van der Waals surface area (Å²) in [5.41, 5.74) is 1.41. The lowest BCUT2D eigenvalue weighted by Gasteiger charge is -2.22. The van der Waals surface area contributed by atoms with E-state index in [-0.39, 0.29) is 0 Å². The first-order valence-electron chi connectivity index (χ1n) is 6.58. The smallest absolute Gasteiger partial charge is 0.118 e. The molecule has 0 heterocycles. The van der Waals surface area contributed by atoms with Crippen LogP contribution in [0, 0.1) is 5.92 Å². The zero-order valence-corrected chi connectivity index (χ0v) is 11.1. The van der Waals surface area contributed by atoms with Crippen molar-refractivity contribution in [2.75, 3.05) is 13.7 Å². The summed E-state index contributed by atoms with van der Waals surface area (Å²) in [6.07, 6.45) is 2.71. The van der Waals surface area contributed by atoms with Crippen LogP contribution in [0.15, 0.2) is 24.3 Å². The van der Waals surface area contributed by atoms with Gasteiger partial charge < -0.3 is 10.1 Å². The number of methoxy groups -OCH3 is 1. The molecule has 2 nitrogen and oxygen atoms in total. The normalized spacial score (nSPS) is 17.2. The maximum atomic E-state index is 5.20. The fourth-order valence-corrected chi connectivity index (χ4v) is 2.17. The molecular formula is C15H23NO. The molecule has 1 N–H and O–H groups in total. The van der Waals surface area contributed by atoms with Gasteiger partial charge in [-0.05, 0) is 42.4 Å². The van der Waals surface area contributed by atoms with Gasteiger partial charge in [0.05, 0.1) is 7.11 Å². The van der Waals surface area contributed by atoms with Crippen LogP contribution in [0.2, 0.25) is 0 Å². The van der Waals surface area contributed by atoms with E-state index < -0.39 is 0 Å². The zero-order valence-electron chi connectivity index (χ0n) is 11.1. The Kier molecular flexibility index (Phi) is 4.06. The van der Waals surface area contributed by atoms with Crippen molar-refractivity contribution in [3.8, 4) is 5.75 Å². The summed E-state index contributed by atoms with van der Waals surface area (Å²) in [4.78, 5) is 0. The molecule has 0 spiro atoms. The number of hydrogen-bond donors (Lipinski definition) is 1. The number of hydrogen-bond acceptors (Lipinski definition) is 2. The topological polar surface area (TPSA) is 21.3 Å². The van der Waals surface area contributed by atoms with Gasteiger partial charge in [0, 0.05) is 12.6 Å². The van der Waals surface area contributed by atoms with E-state index in [1.165, 1.54) is 18.4 Å². The molecule has 1 unspecified atom stereocenters. The fourth-order valence-electron chi connectivity index (χ4n) is 2.17. The van der Waals surface area contributed by atoms with Crippen molar-refractivity contribution in [3.05, 3.63) is 29.8 Å². The molecule has 1 aromatic carbocycles. The van der Waals surface area contributed by atoms with Gasteiger partial charge in [0.15, 0.2) is 0 Å². The molecule has 1 fully saturated rings. The van der Waals surface area contributed by atoms with E-state index in [1.54, 1.807) is 7.11 Å². The van der Waals surface area contributed by atoms with Crippen LogP contribution in [-0.2, 0) is 0 Å². The highest BCUT2D eigenvalue weighted by molar-refractivity contribution is 5.29. The third-order valence-corrected chi connectivity index (χ3v) is 3.55. The Morgan fingerprint density at radius 1 is 1.24 bits per heavy atom. The van der Waals surface area contributed by atoms with Gasteiger partial charge in [-0.15, -0.1) is 0 Å². The van der Waals surface area contributed by atoms with E-state index in [2.05, 4.69) is 43.4 Å². The molecule has 1 atom stereocenters. The Labute approximate surface area is 104 Å². The monoisotopic (exact) mass is 233 g/mol. The van der Waals surface area contributed by atoms with Crippen molar-refractivity contribution >= 4 is 0 Å². The van der Waals surface area contributed by atoms with Crippen LogP contribution in [-0.4, -0.2) is 19.7 Å². The highest BCUT2D eigenvalue weighted by atomic mass is 16.5. The van der Waals surface area contributed by atoms with E-state index in [0.29, 0.717) is 11.8 Å². The highest BCUT2D eigenvalue weighted by Gasteiger charge is 2.23. The van der Waals surface area contributed by atoms with E-state index in [9.17, 15) is 0 Å². The van der Waals surface area contributed by atoms with Crippen LogP contribution < -0.4 is 10.1 Å². The maximum absolute atomic E-state index is 5.20. The molecule has 94 valence electrons. The summed E-state index contributed by atoms with van der Waals surface area (Å²) in [5, 5.41) is 3.63. The molecule has 1 saturated carbocycles. The summed E-state index contributed by atoms with van der Waals surface area (Å²) in [5.74, 6) is 2.20. The van der Waals surface area contributed by atoms with E-state index in [1.807, 2.05) is 0 Å². The SMILES string of the molecule is COc1ccc(C(CNC2CC2)C(C)C)cc1. The summed E-state index contributed by atoms with van der Waals surface area (Å²) in [6, 6.07) is 9.29. The standard InChI is InChI=1S/C15H23NO/c1-11(2)15(10-16-13-6-7-13)12-4-8-14(17-3)9-5-12/h4-5,8-9,11,13,15-16H,6-7,10H2,1-3H3. The van der Waals surface area contributed by atoms with Gasteiger partial charge in [-0.3, -0.25) is 0 Å². The lowest BCUT2D eigenvalue weighted by molar-refractivity contribution is 0.413. The van der Waals surface area contributed by atoms with E-state index >= 15 is 0 Å². The van der Waals surface area contributed by atoms with Crippen LogP contribution in [0.25, 0.3) is 0 Å². The van der Waals surface area contributed by atoms with Gasteiger partial charge in [0.2, 0.25) is 0 Å². The number of rotatable bonds is 6. The van der Waals surface area contributed by atoms with Gasteiger partial charge in [-0.2, -0.15) is 0 Å². The highest BCUT2D eigenvalue weighted by Crippen LogP contribution is 2.27. The number of benzene rings is 1. The predicted octanol–water partition coefficient (Wildman–Crippen LogP) is 3.19. The average Bonchev–Trinajstić information content (AvgIpc) is 3.14. The second-order valence-corrected chi connectivity index (χ2v) is 5.31. The van der Waals surface area contributed by atoms with Crippen LogP contribution in [0.3, 0.4) is 0 Å². The summed E-state index contributed by atoms with van der Waals surface area (Å²) >= 11 is 0. The Balaban J connectivity index is 2.01. The maximum Gasteiger partial charge on any atom is 0.118 e. The minimum absolute atomic E-state index is 0.599. The largest absolute Gasteiger partial charge is 0.497 e. The van der Waals surface area contributed by atoms with Crippen LogP contribution in [0.1, 0.15) is 38.2 Å². The zero-order chi connectivity index (χ0) is 12.3. The van der Waals surface area contributed by atoms with Crippen molar-refractivity contribution in [3.63, 3.8) is 0 Å². The number of nitrogens with one attached hydrogen (secondary N) is 1. The quantitative estimate of drug-likeness (QED) is 0.814. The second-order valence-electron chi connectivity index (χ2n) is 5.31.